The van der Waals surface area contributed by atoms with Gasteiger partial charge in [0, 0.05) is 13.5 Å². The van der Waals surface area contributed by atoms with Crippen LogP contribution in [0.25, 0.3) is 0 Å². The molecule has 10 heteroatoms. The first-order valence-electron chi connectivity index (χ1n) is 6.82. The molecule has 6 atom stereocenters. The van der Waals surface area contributed by atoms with Gasteiger partial charge in [-0.05, 0) is 0 Å². The van der Waals surface area contributed by atoms with E-state index in [0.29, 0.717) is 0 Å². The van der Waals surface area contributed by atoms with Crippen LogP contribution in [0.2, 0.25) is 0 Å². The van der Waals surface area contributed by atoms with Gasteiger partial charge in [0.25, 0.3) is 0 Å². The summed E-state index contributed by atoms with van der Waals surface area (Å²) < 4.78 is 10.5. The number of methoxy groups -OCH3 is 1. The first-order chi connectivity index (χ1) is 10.3. The van der Waals surface area contributed by atoms with Crippen molar-refractivity contribution < 1.29 is 39.8 Å². The van der Waals surface area contributed by atoms with Crippen molar-refractivity contribution in [2.24, 2.45) is 5.73 Å². The Kier molecular flexibility index (Phi) is 7.09. The van der Waals surface area contributed by atoms with Crippen molar-refractivity contribution >= 4 is 5.91 Å². The highest BCUT2D eigenvalue weighted by molar-refractivity contribution is 5.78. The smallest absolute Gasteiger partial charge is 0.234 e. The number of carbonyl (C=O) groups excluding carboxylic acids is 1. The molecule has 0 aliphatic carbocycles. The van der Waals surface area contributed by atoms with E-state index in [2.05, 4.69) is 5.32 Å². The number of rotatable bonds is 7. The number of hydrogen-bond donors (Lipinski definition) is 7. The van der Waals surface area contributed by atoms with Crippen molar-refractivity contribution in [3.8, 4) is 0 Å². The minimum atomic E-state index is -1.64. The molecule has 0 radical (unpaired) electrons. The fraction of sp³-hybridized carbons (Fsp3) is 0.917. The summed E-state index contributed by atoms with van der Waals surface area (Å²) in [5.41, 5.74) is 5.20. The SMILES string of the molecule is CO[C@]1(CO)C[C@H](O)[C@@H](NC(=O)CN)[C@H]([C@H](O)[C@H](O)CO)O1. The highest BCUT2D eigenvalue weighted by atomic mass is 16.7. The van der Waals surface area contributed by atoms with Gasteiger partial charge in [-0.25, -0.2) is 0 Å². The molecule has 1 fully saturated rings. The Morgan fingerprint density at radius 2 is 2.14 bits per heavy atom. The largest absolute Gasteiger partial charge is 0.394 e. The molecule has 1 heterocycles. The van der Waals surface area contributed by atoms with E-state index >= 15 is 0 Å². The number of nitrogens with one attached hydrogen (secondary N) is 1. The van der Waals surface area contributed by atoms with Gasteiger partial charge in [-0.3, -0.25) is 4.79 Å². The second-order valence-electron chi connectivity index (χ2n) is 5.16. The van der Waals surface area contributed by atoms with Gasteiger partial charge >= 0.3 is 0 Å². The van der Waals surface area contributed by atoms with E-state index in [-0.39, 0.29) is 13.0 Å². The second kappa shape index (κ2) is 8.13. The van der Waals surface area contributed by atoms with Gasteiger partial charge < -0.3 is 46.1 Å². The van der Waals surface area contributed by atoms with Gasteiger partial charge in [-0.15, -0.1) is 0 Å². The molecule has 1 amide bonds. The molecule has 1 aliphatic rings. The number of amides is 1. The topological polar surface area (TPSA) is 175 Å². The predicted octanol–water partition coefficient (Wildman–Crippen LogP) is -4.37. The Bertz CT molecular complexity index is 365. The molecule has 0 bridgehead atoms. The molecule has 0 aromatic rings. The molecule has 0 aromatic carbocycles. The molecule has 0 spiro atoms. The lowest BCUT2D eigenvalue weighted by Crippen LogP contribution is -2.67. The fourth-order valence-corrected chi connectivity index (χ4v) is 2.36. The van der Waals surface area contributed by atoms with E-state index < -0.39 is 55.4 Å². The van der Waals surface area contributed by atoms with Crippen LogP contribution in [0.5, 0.6) is 0 Å². The van der Waals surface area contributed by atoms with E-state index in [9.17, 15) is 25.2 Å². The van der Waals surface area contributed by atoms with Crippen LogP contribution in [-0.2, 0) is 14.3 Å². The molecule has 10 nitrogen and oxygen atoms in total. The van der Waals surface area contributed by atoms with Crippen LogP contribution in [0.4, 0.5) is 0 Å². The van der Waals surface area contributed by atoms with E-state index in [4.69, 9.17) is 20.3 Å². The van der Waals surface area contributed by atoms with Gasteiger partial charge in [0.1, 0.15) is 18.3 Å². The summed E-state index contributed by atoms with van der Waals surface area (Å²) in [6.07, 6.45) is -5.94. The van der Waals surface area contributed by atoms with Crippen molar-refractivity contribution in [2.75, 3.05) is 26.9 Å². The molecule has 0 aromatic heterocycles. The van der Waals surface area contributed by atoms with E-state index in [1.165, 1.54) is 7.11 Å². The zero-order valence-corrected chi connectivity index (χ0v) is 12.3. The van der Waals surface area contributed by atoms with Crippen molar-refractivity contribution in [2.45, 2.75) is 42.7 Å². The van der Waals surface area contributed by atoms with Crippen LogP contribution >= 0.6 is 0 Å². The average Bonchev–Trinajstić information content (AvgIpc) is 2.54. The predicted molar refractivity (Wildman–Crippen MR) is 72.4 cm³/mol. The van der Waals surface area contributed by atoms with Crippen LogP contribution < -0.4 is 11.1 Å². The van der Waals surface area contributed by atoms with E-state index in [1.807, 2.05) is 0 Å². The third-order valence-corrected chi connectivity index (χ3v) is 3.68. The maximum Gasteiger partial charge on any atom is 0.234 e. The first kappa shape index (κ1) is 19.2. The number of nitrogens with two attached hydrogens (primary N) is 1. The fourth-order valence-electron chi connectivity index (χ4n) is 2.36. The summed E-state index contributed by atoms with van der Waals surface area (Å²) >= 11 is 0. The molecule has 1 rings (SSSR count). The lowest BCUT2D eigenvalue weighted by Gasteiger charge is -2.47. The third kappa shape index (κ3) is 4.12. The lowest BCUT2D eigenvalue weighted by molar-refractivity contribution is -0.321. The van der Waals surface area contributed by atoms with Crippen molar-refractivity contribution in [1.82, 2.24) is 5.32 Å². The minimum Gasteiger partial charge on any atom is -0.394 e. The Morgan fingerprint density at radius 1 is 1.50 bits per heavy atom. The highest BCUT2D eigenvalue weighted by Gasteiger charge is 2.50. The molecule has 0 saturated carbocycles. The Labute approximate surface area is 127 Å². The molecule has 1 saturated heterocycles. The third-order valence-electron chi connectivity index (χ3n) is 3.68. The summed E-state index contributed by atoms with van der Waals surface area (Å²) in [6.45, 7) is -1.71. The molecule has 22 heavy (non-hydrogen) atoms. The standard InChI is InChI=1S/C12H24N2O8/c1-21-12(5-16)2-6(17)9(14-8(19)3-13)11(22-12)10(20)7(18)4-15/h6-7,9-11,15-18,20H,2-5,13H2,1H3,(H,14,19)/t6-,7+,9+,10+,11+,12+/m0/s1. The van der Waals surface area contributed by atoms with E-state index in [0.717, 1.165) is 0 Å². The number of carbonyl (C=O) groups is 1. The zero-order chi connectivity index (χ0) is 16.9. The van der Waals surface area contributed by atoms with Gasteiger partial charge in [0.05, 0.1) is 31.9 Å². The average molecular weight is 324 g/mol. The number of ether oxygens (including phenoxy) is 2. The van der Waals surface area contributed by atoms with Gasteiger partial charge in [-0.1, -0.05) is 0 Å². The molecule has 130 valence electrons. The number of aliphatic hydroxyl groups is 5. The first-order valence-corrected chi connectivity index (χ1v) is 6.82. The maximum atomic E-state index is 11.5. The highest BCUT2D eigenvalue weighted by Crippen LogP contribution is 2.32. The van der Waals surface area contributed by atoms with Crippen molar-refractivity contribution in [3.63, 3.8) is 0 Å². The van der Waals surface area contributed by atoms with Gasteiger partial charge in [-0.2, -0.15) is 0 Å². The quantitative estimate of drug-likeness (QED) is 0.244. The van der Waals surface area contributed by atoms with Crippen LogP contribution in [0.3, 0.4) is 0 Å². The summed E-state index contributed by atoms with van der Waals surface area (Å²) in [7, 11) is 1.24. The normalized spacial score (nSPS) is 35.0. The Morgan fingerprint density at radius 3 is 2.59 bits per heavy atom. The molecular formula is C12H24N2O8. The number of hydrogen-bond acceptors (Lipinski definition) is 9. The molecule has 1 aliphatic heterocycles. The Balaban J connectivity index is 3.04. The van der Waals surface area contributed by atoms with Crippen molar-refractivity contribution in [3.05, 3.63) is 0 Å². The molecule has 0 unspecified atom stereocenters. The molecule has 8 N–H and O–H groups in total. The van der Waals surface area contributed by atoms with E-state index in [1.54, 1.807) is 0 Å². The van der Waals surface area contributed by atoms with Gasteiger partial charge in [0.15, 0.2) is 5.79 Å². The summed E-state index contributed by atoms with van der Waals surface area (Å²) in [6, 6.07) is -1.10. The van der Waals surface area contributed by atoms with Crippen LogP contribution in [-0.4, -0.2) is 94.6 Å². The van der Waals surface area contributed by atoms with Crippen molar-refractivity contribution in [1.29, 1.82) is 0 Å². The summed E-state index contributed by atoms with van der Waals surface area (Å²) in [5, 5.41) is 50.6. The minimum absolute atomic E-state index is 0.173. The Hall–Kier alpha value is -0.850. The number of aliphatic hydroxyl groups excluding tert-OH is 5. The monoisotopic (exact) mass is 324 g/mol. The van der Waals surface area contributed by atoms with Gasteiger partial charge in [0.2, 0.25) is 5.91 Å². The molecular weight excluding hydrogens is 300 g/mol. The maximum absolute atomic E-state index is 11.5. The zero-order valence-electron chi connectivity index (χ0n) is 12.3. The summed E-state index contributed by atoms with van der Waals surface area (Å²) in [5.74, 6) is -2.19. The summed E-state index contributed by atoms with van der Waals surface area (Å²) in [4.78, 5) is 11.5. The van der Waals surface area contributed by atoms with Crippen LogP contribution in [0.1, 0.15) is 6.42 Å². The lowest BCUT2D eigenvalue weighted by atomic mass is 9.88. The second-order valence-corrected chi connectivity index (χ2v) is 5.16. The van der Waals surface area contributed by atoms with Crippen LogP contribution in [0.15, 0.2) is 0 Å². The van der Waals surface area contributed by atoms with Crippen LogP contribution in [0, 0.1) is 0 Å².